The summed E-state index contributed by atoms with van der Waals surface area (Å²) in [5, 5.41) is 0. The molecule has 0 unspecified atom stereocenters. The Morgan fingerprint density at radius 1 is 0.305 bits per heavy atom. The molecule has 0 spiro atoms. The van der Waals surface area contributed by atoms with Crippen LogP contribution in [0.25, 0.3) is 11.1 Å². The second-order valence-electron chi connectivity index (χ2n) is 14.4. The van der Waals surface area contributed by atoms with Crippen LogP contribution in [-0.4, -0.2) is 28.4 Å². The normalized spacial score (nSPS) is 12.2. The largest absolute Gasteiger partial charge is 0.497 e. The first-order valence-electron chi connectivity index (χ1n) is 19.6. The quantitative estimate of drug-likeness (QED) is 0.123. The molecule has 290 valence electrons. The van der Waals surface area contributed by atoms with E-state index < -0.39 is 5.41 Å². The number of fused-ring (bicyclic) bond motifs is 3. The monoisotopic (exact) mass is 772 g/mol. The van der Waals surface area contributed by atoms with Gasteiger partial charge in [0, 0.05) is 57.4 Å². The van der Waals surface area contributed by atoms with Crippen LogP contribution in [0.3, 0.4) is 0 Å². The lowest BCUT2D eigenvalue weighted by Gasteiger charge is -2.37. The van der Waals surface area contributed by atoms with Crippen molar-refractivity contribution in [1.82, 2.24) is 0 Å². The van der Waals surface area contributed by atoms with Crippen LogP contribution in [0, 0.1) is 0 Å². The molecular weight excluding hydrogens is 729 g/mol. The van der Waals surface area contributed by atoms with Crippen molar-refractivity contribution in [3.63, 3.8) is 0 Å². The van der Waals surface area contributed by atoms with Crippen molar-refractivity contribution in [2.24, 2.45) is 0 Å². The molecule has 1 aliphatic carbocycles. The molecule has 9 rings (SSSR count). The van der Waals surface area contributed by atoms with Gasteiger partial charge in [-0.1, -0.05) is 97.1 Å². The summed E-state index contributed by atoms with van der Waals surface area (Å²) >= 11 is 0. The van der Waals surface area contributed by atoms with Gasteiger partial charge >= 0.3 is 0 Å². The standard InChI is InChI=1S/C53H44N2O4/c1-56-43-27-31-47(51(35-43)58-3)53(48-32-28-44(57-2)36-52(48)59-4)49-33-41(54(37-17-9-5-10-18-37)38-19-11-6-12-20-38)25-29-45(49)46-30-26-42(34-50(46)53)55(39-21-13-7-14-22-39)40-23-15-8-16-24-40/h5-36H,1-4H3. The van der Waals surface area contributed by atoms with Gasteiger partial charge in [0.05, 0.1) is 33.9 Å². The molecule has 0 N–H and O–H groups in total. The molecule has 0 saturated heterocycles. The zero-order chi connectivity index (χ0) is 40.3. The fraction of sp³-hybridized carbons (Fsp3) is 0.0943. The third kappa shape index (κ3) is 6.39. The van der Waals surface area contributed by atoms with E-state index in [2.05, 4.69) is 180 Å². The fourth-order valence-corrected chi connectivity index (χ4v) is 8.72. The highest BCUT2D eigenvalue weighted by atomic mass is 16.5. The number of rotatable bonds is 12. The molecule has 0 amide bonds. The van der Waals surface area contributed by atoms with Crippen molar-refractivity contribution in [3.8, 4) is 34.1 Å². The lowest BCUT2D eigenvalue weighted by molar-refractivity contribution is 0.381. The zero-order valence-corrected chi connectivity index (χ0v) is 33.5. The molecule has 8 aromatic rings. The number of hydrogen-bond donors (Lipinski definition) is 0. The third-order valence-corrected chi connectivity index (χ3v) is 11.3. The predicted molar refractivity (Wildman–Crippen MR) is 239 cm³/mol. The summed E-state index contributed by atoms with van der Waals surface area (Å²) in [6, 6.07) is 67.9. The number of hydrogen-bond acceptors (Lipinski definition) is 6. The Balaban J connectivity index is 1.41. The molecule has 0 radical (unpaired) electrons. The van der Waals surface area contributed by atoms with Crippen molar-refractivity contribution in [1.29, 1.82) is 0 Å². The average Bonchev–Trinajstić information content (AvgIpc) is 3.59. The average molecular weight is 773 g/mol. The number of para-hydroxylation sites is 4. The maximum absolute atomic E-state index is 6.36. The van der Waals surface area contributed by atoms with Crippen LogP contribution in [0.1, 0.15) is 22.3 Å². The van der Waals surface area contributed by atoms with Gasteiger partial charge < -0.3 is 28.7 Å². The molecule has 0 aliphatic heterocycles. The van der Waals surface area contributed by atoms with Crippen molar-refractivity contribution in [2.45, 2.75) is 5.41 Å². The number of nitrogens with zero attached hydrogens (tertiary/aromatic N) is 2. The molecular formula is C53H44N2O4. The van der Waals surface area contributed by atoms with Gasteiger partial charge in [-0.3, -0.25) is 0 Å². The Morgan fingerprint density at radius 3 is 0.949 bits per heavy atom. The lowest BCUT2D eigenvalue weighted by Crippen LogP contribution is -2.30. The van der Waals surface area contributed by atoms with E-state index in [1.165, 1.54) is 0 Å². The van der Waals surface area contributed by atoms with Gasteiger partial charge in [0.25, 0.3) is 0 Å². The van der Waals surface area contributed by atoms with Crippen LogP contribution < -0.4 is 28.7 Å². The van der Waals surface area contributed by atoms with E-state index in [4.69, 9.17) is 18.9 Å². The van der Waals surface area contributed by atoms with Crippen LogP contribution in [-0.2, 0) is 5.41 Å². The minimum atomic E-state index is -0.968. The summed E-state index contributed by atoms with van der Waals surface area (Å²) < 4.78 is 24.3. The minimum absolute atomic E-state index is 0.683. The summed E-state index contributed by atoms with van der Waals surface area (Å²) in [5.74, 6) is 2.76. The van der Waals surface area contributed by atoms with Crippen molar-refractivity contribution >= 4 is 34.1 Å². The number of ether oxygens (including phenoxy) is 4. The number of methoxy groups -OCH3 is 4. The Hall–Kier alpha value is -7.44. The van der Waals surface area contributed by atoms with Gasteiger partial charge in [0.1, 0.15) is 23.0 Å². The molecule has 8 aromatic carbocycles. The summed E-state index contributed by atoms with van der Waals surface area (Å²) in [7, 11) is 6.80. The lowest BCUT2D eigenvalue weighted by atomic mass is 9.66. The summed E-state index contributed by atoms with van der Waals surface area (Å²) in [6.07, 6.45) is 0. The van der Waals surface area contributed by atoms with Crippen LogP contribution in [0.4, 0.5) is 34.1 Å². The van der Waals surface area contributed by atoms with Gasteiger partial charge in [0.2, 0.25) is 0 Å². The Morgan fingerprint density at radius 2 is 0.644 bits per heavy atom. The van der Waals surface area contributed by atoms with Gasteiger partial charge in [-0.05, 0) is 107 Å². The van der Waals surface area contributed by atoms with E-state index in [0.29, 0.717) is 23.0 Å². The molecule has 0 heterocycles. The minimum Gasteiger partial charge on any atom is -0.497 e. The molecule has 6 nitrogen and oxygen atoms in total. The van der Waals surface area contributed by atoms with E-state index in [9.17, 15) is 0 Å². The molecule has 59 heavy (non-hydrogen) atoms. The van der Waals surface area contributed by atoms with Gasteiger partial charge in [-0.2, -0.15) is 0 Å². The SMILES string of the molecule is COc1ccc(C2(c3ccc(OC)cc3OC)c3cc(N(c4ccccc4)c4ccccc4)ccc3-c3ccc(N(c4ccccc4)c4ccccc4)cc32)c(OC)c1. The molecule has 0 atom stereocenters. The van der Waals surface area contributed by atoms with Crippen molar-refractivity contribution in [3.05, 3.63) is 216 Å². The van der Waals surface area contributed by atoms with Crippen LogP contribution in [0.5, 0.6) is 23.0 Å². The fourth-order valence-electron chi connectivity index (χ4n) is 8.72. The highest BCUT2D eigenvalue weighted by molar-refractivity contribution is 5.93. The predicted octanol–water partition coefficient (Wildman–Crippen LogP) is 13.0. The second-order valence-corrected chi connectivity index (χ2v) is 14.4. The number of benzene rings is 8. The van der Waals surface area contributed by atoms with Crippen molar-refractivity contribution in [2.75, 3.05) is 38.2 Å². The second kappa shape index (κ2) is 15.8. The van der Waals surface area contributed by atoms with E-state index >= 15 is 0 Å². The molecule has 0 bridgehead atoms. The van der Waals surface area contributed by atoms with E-state index in [1.807, 2.05) is 24.3 Å². The Kier molecular flexibility index (Phi) is 9.97. The topological polar surface area (TPSA) is 43.4 Å². The molecule has 0 aromatic heterocycles. The van der Waals surface area contributed by atoms with Crippen LogP contribution >= 0.6 is 0 Å². The van der Waals surface area contributed by atoms with Crippen molar-refractivity contribution < 1.29 is 18.9 Å². The number of anilines is 6. The molecule has 0 saturated carbocycles. The molecule has 1 aliphatic rings. The summed E-state index contributed by atoms with van der Waals surface area (Å²) in [6.45, 7) is 0. The van der Waals surface area contributed by atoms with E-state index in [-0.39, 0.29) is 0 Å². The van der Waals surface area contributed by atoms with Crippen LogP contribution in [0.15, 0.2) is 194 Å². The Bertz CT molecular complexity index is 2450. The molecule has 0 fully saturated rings. The first kappa shape index (κ1) is 37.2. The smallest absolute Gasteiger partial charge is 0.127 e. The van der Waals surface area contributed by atoms with Gasteiger partial charge in [-0.15, -0.1) is 0 Å². The Labute approximate surface area is 346 Å². The maximum Gasteiger partial charge on any atom is 0.127 e. The van der Waals surface area contributed by atoms with Crippen LogP contribution in [0.2, 0.25) is 0 Å². The first-order chi connectivity index (χ1) is 29.1. The maximum atomic E-state index is 6.36. The summed E-state index contributed by atoms with van der Waals surface area (Å²) in [4.78, 5) is 4.62. The first-order valence-corrected chi connectivity index (χ1v) is 19.6. The van der Waals surface area contributed by atoms with Gasteiger partial charge in [-0.25, -0.2) is 0 Å². The van der Waals surface area contributed by atoms with Gasteiger partial charge in [0.15, 0.2) is 0 Å². The van der Waals surface area contributed by atoms with E-state index in [0.717, 1.165) is 67.5 Å². The molecule has 6 heteroatoms. The summed E-state index contributed by atoms with van der Waals surface area (Å²) in [5.41, 5.74) is 11.5. The zero-order valence-electron chi connectivity index (χ0n) is 33.5. The highest BCUT2D eigenvalue weighted by Crippen LogP contribution is 2.62. The highest BCUT2D eigenvalue weighted by Gasteiger charge is 2.50. The third-order valence-electron chi connectivity index (χ3n) is 11.3. The van der Waals surface area contributed by atoms with E-state index in [1.54, 1.807) is 28.4 Å².